The van der Waals surface area contributed by atoms with Crippen LogP contribution in [0.1, 0.15) is 24.5 Å². The molecule has 0 saturated carbocycles. The van der Waals surface area contributed by atoms with Gasteiger partial charge in [0.25, 0.3) is 5.56 Å². The van der Waals surface area contributed by atoms with Crippen molar-refractivity contribution in [3.63, 3.8) is 0 Å². The quantitative estimate of drug-likeness (QED) is 0.569. The van der Waals surface area contributed by atoms with Crippen LogP contribution >= 0.6 is 0 Å². The Morgan fingerprint density at radius 2 is 1.88 bits per heavy atom. The summed E-state index contributed by atoms with van der Waals surface area (Å²) in [6, 6.07) is 13.6. The van der Waals surface area contributed by atoms with Gasteiger partial charge in [0.1, 0.15) is 5.65 Å². The summed E-state index contributed by atoms with van der Waals surface area (Å²) in [6.45, 7) is 4.74. The Morgan fingerprint density at radius 1 is 1.04 bits per heavy atom. The highest BCUT2D eigenvalue weighted by molar-refractivity contribution is 5.76. The molecule has 0 amide bonds. The van der Waals surface area contributed by atoms with Crippen molar-refractivity contribution in [1.82, 2.24) is 18.5 Å². The van der Waals surface area contributed by atoms with Crippen LogP contribution in [-0.2, 0) is 13.1 Å². The molecule has 6 heteroatoms. The van der Waals surface area contributed by atoms with Crippen LogP contribution in [0.5, 0.6) is 0 Å². The van der Waals surface area contributed by atoms with Crippen molar-refractivity contribution in [3.8, 4) is 0 Å². The number of pyridine rings is 1. The Hall–Kier alpha value is -3.15. The first-order valence-electron chi connectivity index (χ1n) is 8.76. The van der Waals surface area contributed by atoms with Gasteiger partial charge >= 0.3 is 5.69 Å². The van der Waals surface area contributed by atoms with Crippen molar-refractivity contribution in [1.29, 1.82) is 0 Å². The van der Waals surface area contributed by atoms with E-state index in [0.29, 0.717) is 36.3 Å². The van der Waals surface area contributed by atoms with Gasteiger partial charge in [-0.2, -0.15) is 0 Å². The SMILES string of the molecule is CCCn1c(=O)c2c(nc3ccccn32)n(Cc2cccc(C)c2)c1=O. The lowest BCUT2D eigenvalue weighted by molar-refractivity contribution is 0.578. The van der Waals surface area contributed by atoms with Crippen LogP contribution in [0.4, 0.5) is 0 Å². The molecule has 0 spiro atoms. The molecule has 0 saturated heterocycles. The maximum atomic E-state index is 13.0. The van der Waals surface area contributed by atoms with Crippen molar-refractivity contribution in [3.05, 3.63) is 80.6 Å². The van der Waals surface area contributed by atoms with Crippen molar-refractivity contribution in [2.45, 2.75) is 33.4 Å². The number of nitrogens with zero attached hydrogens (tertiary/aromatic N) is 4. The van der Waals surface area contributed by atoms with E-state index in [1.54, 1.807) is 8.97 Å². The average molecular weight is 348 g/mol. The summed E-state index contributed by atoms with van der Waals surface area (Å²) >= 11 is 0. The average Bonchev–Trinajstić information content (AvgIpc) is 3.02. The number of rotatable bonds is 4. The lowest BCUT2D eigenvalue weighted by Crippen LogP contribution is -2.40. The maximum absolute atomic E-state index is 13.0. The second-order valence-corrected chi connectivity index (χ2v) is 6.53. The van der Waals surface area contributed by atoms with E-state index in [1.165, 1.54) is 4.57 Å². The molecule has 0 unspecified atom stereocenters. The predicted molar refractivity (Wildman–Crippen MR) is 102 cm³/mol. The van der Waals surface area contributed by atoms with E-state index >= 15 is 0 Å². The Labute approximate surface area is 150 Å². The van der Waals surface area contributed by atoms with Crippen molar-refractivity contribution >= 4 is 16.8 Å². The van der Waals surface area contributed by atoms with E-state index in [0.717, 1.165) is 11.1 Å². The minimum Gasteiger partial charge on any atom is -0.294 e. The Balaban J connectivity index is 2.07. The van der Waals surface area contributed by atoms with Gasteiger partial charge in [-0.05, 0) is 31.0 Å². The first-order chi connectivity index (χ1) is 12.6. The molecule has 0 atom stereocenters. The molecule has 4 rings (SSSR count). The zero-order valence-electron chi connectivity index (χ0n) is 14.8. The molecule has 4 aromatic rings. The first kappa shape index (κ1) is 16.3. The number of fused-ring (bicyclic) bond motifs is 3. The zero-order valence-corrected chi connectivity index (χ0v) is 14.8. The normalized spacial score (nSPS) is 11.5. The summed E-state index contributed by atoms with van der Waals surface area (Å²) < 4.78 is 4.68. The minimum atomic E-state index is -0.311. The summed E-state index contributed by atoms with van der Waals surface area (Å²) in [5, 5.41) is 0. The lowest BCUT2D eigenvalue weighted by atomic mass is 10.1. The number of imidazole rings is 1. The summed E-state index contributed by atoms with van der Waals surface area (Å²) in [6.07, 6.45) is 2.52. The standard InChI is InChI=1S/C20H20N4O2/c1-3-10-23-19(25)17-18(21-16-9-4-5-11-22(16)17)24(20(23)26)13-15-8-6-7-14(2)12-15/h4-9,11-12H,3,10,13H2,1-2H3. The van der Waals surface area contributed by atoms with Gasteiger partial charge in [-0.3, -0.25) is 18.3 Å². The van der Waals surface area contributed by atoms with Crippen molar-refractivity contribution in [2.75, 3.05) is 0 Å². The molecule has 3 aromatic heterocycles. The van der Waals surface area contributed by atoms with Crippen LogP contribution in [0.25, 0.3) is 16.8 Å². The highest BCUT2D eigenvalue weighted by Gasteiger charge is 2.18. The van der Waals surface area contributed by atoms with E-state index in [1.807, 2.05) is 62.5 Å². The van der Waals surface area contributed by atoms with Gasteiger partial charge in [0.15, 0.2) is 11.2 Å². The molecule has 0 bridgehead atoms. The molecule has 0 N–H and O–H groups in total. The van der Waals surface area contributed by atoms with Crippen LogP contribution in [-0.4, -0.2) is 18.5 Å². The fourth-order valence-electron chi connectivity index (χ4n) is 3.38. The topological polar surface area (TPSA) is 61.3 Å². The molecule has 0 fully saturated rings. The second-order valence-electron chi connectivity index (χ2n) is 6.53. The van der Waals surface area contributed by atoms with Crippen LogP contribution in [0.2, 0.25) is 0 Å². The Kier molecular flexibility index (Phi) is 3.95. The van der Waals surface area contributed by atoms with Crippen LogP contribution < -0.4 is 11.2 Å². The van der Waals surface area contributed by atoms with Gasteiger partial charge in [-0.1, -0.05) is 42.8 Å². The molecular formula is C20H20N4O2. The molecule has 0 aliphatic rings. The highest BCUT2D eigenvalue weighted by Crippen LogP contribution is 2.14. The number of hydrogen-bond acceptors (Lipinski definition) is 3. The summed E-state index contributed by atoms with van der Waals surface area (Å²) in [5.74, 6) is 0. The van der Waals surface area contributed by atoms with Gasteiger partial charge in [-0.15, -0.1) is 0 Å². The number of aryl methyl sites for hydroxylation is 1. The predicted octanol–water partition coefficient (Wildman–Crippen LogP) is 2.58. The molecule has 0 aliphatic carbocycles. The monoisotopic (exact) mass is 348 g/mol. The van der Waals surface area contributed by atoms with Gasteiger partial charge in [-0.25, -0.2) is 9.78 Å². The number of benzene rings is 1. The summed E-state index contributed by atoms with van der Waals surface area (Å²) in [4.78, 5) is 30.6. The molecule has 6 nitrogen and oxygen atoms in total. The smallest absolute Gasteiger partial charge is 0.294 e. The lowest BCUT2D eigenvalue weighted by Gasteiger charge is -2.11. The van der Waals surface area contributed by atoms with Gasteiger partial charge in [0.2, 0.25) is 0 Å². The molecule has 0 radical (unpaired) electrons. The fourth-order valence-corrected chi connectivity index (χ4v) is 3.38. The van der Waals surface area contributed by atoms with Crippen molar-refractivity contribution in [2.24, 2.45) is 0 Å². The van der Waals surface area contributed by atoms with E-state index in [4.69, 9.17) is 0 Å². The Bertz CT molecular complexity index is 1230. The zero-order chi connectivity index (χ0) is 18.3. The van der Waals surface area contributed by atoms with Crippen LogP contribution in [0, 0.1) is 6.92 Å². The molecule has 26 heavy (non-hydrogen) atoms. The number of hydrogen-bond donors (Lipinski definition) is 0. The maximum Gasteiger partial charge on any atom is 0.333 e. The van der Waals surface area contributed by atoms with Gasteiger partial charge < -0.3 is 0 Å². The third-order valence-corrected chi connectivity index (χ3v) is 4.55. The Morgan fingerprint density at radius 3 is 2.65 bits per heavy atom. The summed E-state index contributed by atoms with van der Waals surface area (Å²) in [5.41, 5.74) is 3.07. The molecule has 1 aromatic carbocycles. The van der Waals surface area contributed by atoms with Gasteiger partial charge in [0.05, 0.1) is 6.54 Å². The van der Waals surface area contributed by atoms with E-state index in [2.05, 4.69) is 4.98 Å². The largest absolute Gasteiger partial charge is 0.333 e. The highest BCUT2D eigenvalue weighted by atomic mass is 16.2. The second kappa shape index (κ2) is 6.29. The van der Waals surface area contributed by atoms with E-state index in [9.17, 15) is 9.59 Å². The fraction of sp³-hybridized carbons (Fsp3) is 0.250. The minimum absolute atomic E-state index is 0.286. The van der Waals surface area contributed by atoms with Gasteiger partial charge in [0, 0.05) is 12.7 Å². The van der Waals surface area contributed by atoms with Crippen LogP contribution in [0.3, 0.4) is 0 Å². The summed E-state index contributed by atoms with van der Waals surface area (Å²) in [7, 11) is 0. The molecule has 0 aliphatic heterocycles. The number of aromatic nitrogens is 4. The van der Waals surface area contributed by atoms with Crippen LogP contribution in [0.15, 0.2) is 58.3 Å². The molecule has 3 heterocycles. The van der Waals surface area contributed by atoms with E-state index in [-0.39, 0.29) is 11.2 Å². The third-order valence-electron chi connectivity index (χ3n) is 4.55. The van der Waals surface area contributed by atoms with Crippen molar-refractivity contribution < 1.29 is 0 Å². The first-order valence-corrected chi connectivity index (χ1v) is 8.76. The molecule has 132 valence electrons. The third kappa shape index (κ3) is 2.54. The van der Waals surface area contributed by atoms with E-state index < -0.39 is 0 Å². The molecular weight excluding hydrogens is 328 g/mol.